The predicted octanol–water partition coefficient (Wildman–Crippen LogP) is 3.23. The highest BCUT2D eigenvalue weighted by molar-refractivity contribution is 6.01. The average molecular weight is 286 g/mol. The van der Waals surface area contributed by atoms with Gasteiger partial charge in [-0.1, -0.05) is 18.2 Å². The number of hydrogen-bond donors (Lipinski definition) is 2. The van der Waals surface area contributed by atoms with Crippen LogP contribution >= 0.6 is 0 Å². The highest BCUT2D eigenvalue weighted by atomic mass is 16.5. The number of phenols is 2. The second-order valence-corrected chi connectivity index (χ2v) is 4.91. The molecule has 2 aromatic rings. The molecule has 0 spiro atoms. The van der Waals surface area contributed by atoms with Crippen molar-refractivity contribution in [1.29, 1.82) is 0 Å². The topological polar surface area (TPSA) is 66.8 Å². The Balaban J connectivity index is 2.16. The largest absolute Gasteiger partial charge is 0.507 e. The molecular formula is C17H18O4. The number of carbonyl (C=O) groups is 1. The van der Waals surface area contributed by atoms with Gasteiger partial charge in [0.05, 0.1) is 7.11 Å². The van der Waals surface area contributed by atoms with Crippen molar-refractivity contribution in [3.05, 3.63) is 53.1 Å². The van der Waals surface area contributed by atoms with Crippen LogP contribution in [0.1, 0.15) is 27.9 Å². The van der Waals surface area contributed by atoms with Crippen molar-refractivity contribution in [2.24, 2.45) is 0 Å². The van der Waals surface area contributed by atoms with Gasteiger partial charge in [0.25, 0.3) is 0 Å². The second-order valence-electron chi connectivity index (χ2n) is 4.91. The van der Waals surface area contributed by atoms with Crippen LogP contribution in [-0.4, -0.2) is 23.1 Å². The first-order chi connectivity index (χ1) is 10.0. The van der Waals surface area contributed by atoms with Gasteiger partial charge in [0.15, 0.2) is 5.78 Å². The molecule has 0 radical (unpaired) electrons. The number of carbonyl (C=O) groups excluding carboxylic acids is 1. The van der Waals surface area contributed by atoms with Crippen LogP contribution in [0.5, 0.6) is 17.2 Å². The Kier molecular flexibility index (Phi) is 4.48. The van der Waals surface area contributed by atoms with E-state index < -0.39 is 0 Å². The Bertz CT molecular complexity index is 639. The molecule has 4 heteroatoms. The summed E-state index contributed by atoms with van der Waals surface area (Å²) in [6.07, 6.45) is 0.667. The van der Waals surface area contributed by atoms with Crippen LogP contribution in [0.25, 0.3) is 0 Å². The van der Waals surface area contributed by atoms with Gasteiger partial charge in [-0.3, -0.25) is 4.79 Å². The van der Waals surface area contributed by atoms with E-state index in [1.807, 2.05) is 24.3 Å². The number of ketones is 1. The maximum atomic E-state index is 12.2. The van der Waals surface area contributed by atoms with Gasteiger partial charge in [0.1, 0.15) is 22.8 Å². The monoisotopic (exact) mass is 286 g/mol. The van der Waals surface area contributed by atoms with Crippen LogP contribution in [0, 0.1) is 6.92 Å². The molecule has 0 aliphatic heterocycles. The molecule has 0 atom stereocenters. The standard InChI is InChI=1S/C17H18O4/c1-11-9-14(19)17(15(20)10-11)13(18)8-7-12-5-3-4-6-16(12)21-2/h3-6,9-10,19-20H,7-8H2,1-2H3. The molecule has 21 heavy (non-hydrogen) atoms. The molecule has 0 heterocycles. The van der Waals surface area contributed by atoms with E-state index >= 15 is 0 Å². The first kappa shape index (κ1) is 14.9. The lowest BCUT2D eigenvalue weighted by Crippen LogP contribution is -2.03. The zero-order valence-electron chi connectivity index (χ0n) is 12.1. The van der Waals surface area contributed by atoms with Crippen molar-refractivity contribution >= 4 is 5.78 Å². The number of para-hydroxylation sites is 1. The quantitative estimate of drug-likeness (QED) is 0.828. The molecule has 0 saturated heterocycles. The fraction of sp³-hybridized carbons (Fsp3) is 0.235. The van der Waals surface area contributed by atoms with Crippen LogP contribution in [0.2, 0.25) is 0 Å². The molecule has 0 saturated carbocycles. The summed E-state index contributed by atoms with van der Waals surface area (Å²) in [4.78, 5) is 12.2. The Hall–Kier alpha value is -2.49. The molecular weight excluding hydrogens is 268 g/mol. The third-order valence-corrected chi connectivity index (χ3v) is 3.33. The SMILES string of the molecule is COc1ccccc1CCC(=O)c1c(O)cc(C)cc1O. The van der Waals surface area contributed by atoms with Gasteiger partial charge < -0.3 is 14.9 Å². The van der Waals surface area contributed by atoms with Crippen molar-refractivity contribution in [3.63, 3.8) is 0 Å². The minimum Gasteiger partial charge on any atom is -0.507 e. The highest BCUT2D eigenvalue weighted by Gasteiger charge is 2.17. The summed E-state index contributed by atoms with van der Waals surface area (Å²) in [5.41, 5.74) is 1.60. The fourth-order valence-corrected chi connectivity index (χ4v) is 2.32. The van der Waals surface area contributed by atoms with E-state index in [4.69, 9.17) is 4.74 Å². The number of aromatic hydroxyl groups is 2. The number of rotatable bonds is 5. The molecule has 2 rings (SSSR count). The minimum atomic E-state index is -0.295. The fourth-order valence-electron chi connectivity index (χ4n) is 2.32. The Morgan fingerprint density at radius 2 is 1.76 bits per heavy atom. The molecule has 2 aromatic carbocycles. The maximum absolute atomic E-state index is 12.2. The van der Waals surface area contributed by atoms with Crippen LogP contribution in [0.15, 0.2) is 36.4 Å². The van der Waals surface area contributed by atoms with Gasteiger partial charge in [-0.25, -0.2) is 0 Å². The molecule has 0 aliphatic rings. The van der Waals surface area contributed by atoms with E-state index in [2.05, 4.69) is 0 Å². The number of phenolic OH excluding ortho intramolecular Hbond substituents is 2. The molecule has 0 aliphatic carbocycles. The molecule has 4 nitrogen and oxygen atoms in total. The van der Waals surface area contributed by atoms with Gasteiger partial charge in [0, 0.05) is 6.42 Å². The van der Waals surface area contributed by atoms with E-state index in [9.17, 15) is 15.0 Å². The van der Waals surface area contributed by atoms with Crippen LogP contribution in [-0.2, 0) is 6.42 Å². The molecule has 0 aromatic heterocycles. The Morgan fingerprint density at radius 3 is 2.38 bits per heavy atom. The summed E-state index contributed by atoms with van der Waals surface area (Å²) >= 11 is 0. The van der Waals surface area contributed by atoms with E-state index in [1.165, 1.54) is 12.1 Å². The molecule has 110 valence electrons. The number of aryl methyl sites for hydroxylation is 2. The molecule has 0 amide bonds. The molecule has 2 N–H and O–H groups in total. The molecule has 0 fully saturated rings. The summed E-state index contributed by atoms with van der Waals surface area (Å²) < 4.78 is 5.24. The summed E-state index contributed by atoms with van der Waals surface area (Å²) in [7, 11) is 1.58. The summed E-state index contributed by atoms with van der Waals surface area (Å²) in [5, 5.41) is 19.7. The van der Waals surface area contributed by atoms with Crippen molar-refractivity contribution in [3.8, 4) is 17.2 Å². The first-order valence-electron chi connectivity index (χ1n) is 6.70. The van der Waals surface area contributed by atoms with Gasteiger partial charge >= 0.3 is 0 Å². The van der Waals surface area contributed by atoms with E-state index in [-0.39, 0.29) is 29.3 Å². The van der Waals surface area contributed by atoms with Crippen molar-refractivity contribution in [2.45, 2.75) is 19.8 Å². The van der Waals surface area contributed by atoms with E-state index in [0.717, 1.165) is 11.3 Å². The average Bonchev–Trinajstić information content (AvgIpc) is 2.44. The van der Waals surface area contributed by atoms with Gasteiger partial charge in [0.2, 0.25) is 0 Å². The lowest BCUT2D eigenvalue weighted by molar-refractivity contribution is 0.0977. The number of hydrogen-bond acceptors (Lipinski definition) is 4. The predicted molar refractivity (Wildman–Crippen MR) is 80.2 cm³/mol. The summed E-state index contributed by atoms with van der Waals surface area (Å²) in [5.74, 6) is 0.0635. The second kappa shape index (κ2) is 6.31. The highest BCUT2D eigenvalue weighted by Crippen LogP contribution is 2.30. The molecule has 0 bridgehead atoms. The van der Waals surface area contributed by atoms with Crippen LogP contribution in [0.4, 0.5) is 0 Å². The smallest absolute Gasteiger partial charge is 0.170 e. The minimum absolute atomic E-state index is 0.0181. The normalized spacial score (nSPS) is 10.4. The number of benzene rings is 2. The Morgan fingerprint density at radius 1 is 1.14 bits per heavy atom. The van der Waals surface area contributed by atoms with Crippen molar-refractivity contribution in [1.82, 2.24) is 0 Å². The number of methoxy groups -OCH3 is 1. The zero-order chi connectivity index (χ0) is 15.4. The number of Topliss-reactive ketones (excluding diaryl/α,β-unsaturated/α-hetero) is 1. The van der Waals surface area contributed by atoms with Gasteiger partial charge in [-0.2, -0.15) is 0 Å². The summed E-state index contributed by atoms with van der Waals surface area (Å²) in [6, 6.07) is 10.4. The van der Waals surface area contributed by atoms with Crippen LogP contribution < -0.4 is 4.74 Å². The van der Waals surface area contributed by atoms with E-state index in [0.29, 0.717) is 12.0 Å². The van der Waals surface area contributed by atoms with Gasteiger partial charge in [-0.15, -0.1) is 0 Å². The van der Waals surface area contributed by atoms with Crippen LogP contribution in [0.3, 0.4) is 0 Å². The summed E-state index contributed by atoms with van der Waals surface area (Å²) in [6.45, 7) is 1.74. The Labute approximate surface area is 123 Å². The zero-order valence-corrected chi connectivity index (χ0v) is 12.1. The van der Waals surface area contributed by atoms with E-state index in [1.54, 1.807) is 14.0 Å². The van der Waals surface area contributed by atoms with Gasteiger partial charge in [-0.05, 0) is 42.7 Å². The third-order valence-electron chi connectivity index (χ3n) is 3.33. The maximum Gasteiger partial charge on any atom is 0.170 e. The lowest BCUT2D eigenvalue weighted by Gasteiger charge is -2.09. The van der Waals surface area contributed by atoms with Crippen molar-refractivity contribution in [2.75, 3.05) is 7.11 Å². The molecule has 0 unspecified atom stereocenters. The number of ether oxygens (including phenoxy) is 1. The lowest BCUT2D eigenvalue weighted by atomic mass is 9.99. The third kappa shape index (κ3) is 3.34. The van der Waals surface area contributed by atoms with Crippen molar-refractivity contribution < 1.29 is 19.7 Å². The first-order valence-corrected chi connectivity index (χ1v) is 6.70.